The fourth-order valence-corrected chi connectivity index (χ4v) is 2.69. The first-order valence-electron chi connectivity index (χ1n) is 9.15. The van der Waals surface area contributed by atoms with Gasteiger partial charge in [-0.2, -0.15) is 5.10 Å². The average molecular weight is 403 g/mol. The van der Waals surface area contributed by atoms with Crippen molar-refractivity contribution >= 4 is 23.7 Å². The third-order valence-electron chi connectivity index (χ3n) is 4.32. The number of anilines is 1. The highest BCUT2D eigenvalue weighted by molar-refractivity contribution is 6.09. The van der Waals surface area contributed by atoms with Gasteiger partial charge in [-0.25, -0.2) is 5.43 Å². The van der Waals surface area contributed by atoms with E-state index >= 15 is 0 Å². The summed E-state index contributed by atoms with van der Waals surface area (Å²) in [5, 5.41) is 16.3. The van der Waals surface area contributed by atoms with Gasteiger partial charge in [-0.1, -0.05) is 29.8 Å². The Kier molecular flexibility index (Phi) is 6.44. The van der Waals surface area contributed by atoms with Crippen LogP contribution in [0.3, 0.4) is 0 Å². The Morgan fingerprint density at radius 1 is 1.00 bits per heavy atom. The summed E-state index contributed by atoms with van der Waals surface area (Å²) in [7, 11) is 1.44. The van der Waals surface area contributed by atoms with Crippen molar-refractivity contribution in [3.63, 3.8) is 0 Å². The summed E-state index contributed by atoms with van der Waals surface area (Å²) in [6.07, 6.45) is 1.42. The van der Waals surface area contributed by atoms with Crippen molar-refractivity contribution in [1.29, 1.82) is 0 Å². The number of hydrogen-bond acceptors (Lipinski definition) is 5. The van der Waals surface area contributed by atoms with Crippen LogP contribution in [0.2, 0.25) is 0 Å². The first kappa shape index (κ1) is 20.6. The number of carbonyl (C=O) groups excluding carboxylic acids is 2. The van der Waals surface area contributed by atoms with Gasteiger partial charge in [0.25, 0.3) is 11.8 Å². The van der Waals surface area contributed by atoms with E-state index in [1.807, 2.05) is 19.1 Å². The molecule has 0 fully saturated rings. The Hall–Kier alpha value is -4.13. The molecule has 7 nitrogen and oxygen atoms in total. The quantitative estimate of drug-likeness (QED) is 0.431. The van der Waals surface area contributed by atoms with E-state index in [1.165, 1.54) is 19.4 Å². The number of phenols is 1. The van der Waals surface area contributed by atoms with Crippen molar-refractivity contribution in [2.45, 2.75) is 6.92 Å². The summed E-state index contributed by atoms with van der Waals surface area (Å²) >= 11 is 0. The molecule has 0 heterocycles. The van der Waals surface area contributed by atoms with E-state index in [1.54, 1.807) is 48.5 Å². The van der Waals surface area contributed by atoms with E-state index in [-0.39, 0.29) is 17.2 Å². The number of hydrazone groups is 1. The van der Waals surface area contributed by atoms with Gasteiger partial charge in [0.15, 0.2) is 11.5 Å². The Morgan fingerprint density at radius 3 is 2.47 bits per heavy atom. The molecule has 30 heavy (non-hydrogen) atoms. The monoisotopic (exact) mass is 403 g/mol. The van der Waals surface area contributed by atoms with E-state index in [0.29, 0.717) is 22.6 Å². The molecular formula is C23H21N3O4. The molecule has 7 heteroatoms. The molecule has 2 amide bonds. The van der Waals surface area contributed by atoms with Crippen LogP contribution in [0, 0.1) is 6.92 Å². The first-order chi connectivity index (χ1) is 14.5. The van der Waals surface area contributed by atoms with Gasteiger partial charge < -0.3 is 15.2 Å². The summed E-state index contributed by atoms with van der Waals surface area (Å²) in [6.45, 7) is 1.94. The van der Waals surface area contributed by atoms with E-state index in [0.717, 1.165) is 5.56 Å². The number of aryl methyl sites for hydroxylation is 1. The van der Waals surface area contributed by atoms with Crippen LogP contribution in [0.15, 0.2) is 71.8 Å². The van der Waals surface area contributed by atoms with Crippen LogP contribution >= 0.6 is 0 Å². The zero-order chi connectivity index (χ0) is 21.5. The van der Waals surface area contributed by atoms with Gasteiger partial charge in [0.1, 0.15) is 0 Å². The molecular weight excluding hydrogens is 382 g/mol. The lowest BCUT2D eigenvalue weighted by Gasteiger charge is -2.10. The zero-order valence-electron chi connectivity index (χ0n) is 16.5. The van der Waals surface area contributed by atoms with Crippen molar-refractivity contribution in [3.8, 4) is 11.5 Å². The van der Waals surface area contributed by atoms with Crippen LogP contribution < -0.4 is 15.5 Å². The number of rotatable bonds is 6. The Morgan fingerprint density at radius 2 is 1.73 bits per heavy atom. The normalized spacial score (nSPS) is 10.6. The number of carbonyl (C=O) groups is 2. The molecule has 0 aliphatic rings. The molecule has 152 valence electrons. The van der Waals surface area contributed by atoms with Gasteiger partial charge in [0, 0.05) is 5.56 Å². The number of nitrogens with zero attached hydrogens (tertiary/aromatic N) is 1. The molecule has 0 saturated heterocycles. The summed E-state index contributed by atoms with van der Waals surface area (Å²) in [6, 6.07) is 18.5. The van der Waals surface area contributed by atoms with Crippen LogP contribution in [0.25, 0.3) is 0 Å². The molecule has 0 bridgehead atoms. The number of nitrogens with one attached hydrogen (secondary N) is 2. The van der Waals surface area contributed by atoms with Crippen molar-refractivity contribution in [3.05, 3.63) is 89.0 Å². The SMILES string of the molecule is COc1cc(/C=N/NC(=O)c2ccccc2NC(=O)c2ccc(C)cc2)ccc1O. The maximum atomic E-state index is 12.6. The van der Waals surface area contributed by atoms with Gasteiger partial charge in [0.2, 0.25) is 0 Å². The minimum atomic E-state index is -0.475. The molecule has 3 aromatic carbocycles. The molecule has 3 aromatic rings. The highest BCUT2D eigenvalue weighted by Crippen LogP contribution is 2.25. The molecule has 3 rings (SSSR count). The number of amides is 2. The predicted molar refractivity (Wildman–Crippen MR) is 115 cm³/mol. The Labute approximate surface area is 174 Å². The van der Waals surface area contributed by atoms with E-state index in [9.17, 15) is 14.7 Å². The van der Waals surface area contributed by atoms with Gasteiger partial charge in [-0.05, 0) is 55.0 Å². The lowest BCUT2D eigenvalue weighted by Crippen LogP contribution is -2.21. The van der Waals surface area contributed by atoms with E-state index in [4.69, 9.17) is 4.74 Å². The third kappa shape index (κ3) is 5.02. The molecule has 0 radical (unpaired) electrons. The fourth-order valence-electron chi connectivity index (χ4n) is 2.69. The maximum Gasteiger partial charge on any atom is 0.273 e. The van der Waals surface area contributed by atoms with Crippen molar-refractivity contribution in [2.24, 2.45) is 5.10 Å². The fraction of sp³-hybridized carbons (Fsp3) is 0.0870. The number of aromatic hydroxyl groups is 1. The number of methoxy groups -OCH3 is 1. The summed E-state index contributed by atoms with van der Waals surface area (Å²) in [4.78, 5) is 25.0. The highest BCUT2D eigenvalue weighted by Gasteiger charge is 2.13. The molecule has 0 aromatic heterocycles. The van der Waals surface area contributed by atoms with E-state index < -0.39 is 5.91 Å². The second-order valence-electron chi connectivity index (χ2n) is 6.50. The molecule has 0 aliphatic carbocycles. The number of hydrogen-bond donors (Lipinski definition) is 3. The van der Waals surface area contributed by atoms with Gasteiger partial charge in [-0.3, -0.25) is 9.59 Å². The summed E-state index contributed by atoms with van der Waals surface area (Å²) in [5.74, 6) is -0.474. The second kappa shape index (κ2) is 9.38. The maximum absolute atomic E-state index is 12.6. The van der Waals surface area contributed by atoms with Gasteiger partial charge >= 0.3 is 0 Å². The molecule has 3 N–H and O–H groups in total. The standard InChI is InChI=1S/C23H21N3O4/c1-15-7-10-17(11-8-15)22(28)25-19-6-4-3-5-18(19)23(29)26-24-14-16-9-12-20(27)21(13-16)30-2/h3-14,27H,1-2H3,(H,25,28)(H,26,29)/b24-14+. The Balaban J connectivity index is 1.71. The van der Waals surface area contributed by atoms with Crippen LogP contribution in [0.1, 0.15) is 31.8 Å². The Bertz CT molecular complexity index is 1090. The van der Waals surface area contributed by atoms with Crippen molar-refractivity contribution < 1.29 is 19.4 Å². The average Bonchev–Trinajstić information content (AvgIpc) is 2.75. The lowest BCUT2D eigenvalue weighted by molar-refractivity contribution is 0.0956. The molecule has 0 aliphatic heterocycles. The van der Waals surface area contributed by atoms with Crippen LogP contribution in [-0.4, -0.2) is 30.2 Å². The highest BCUT2D eigenvalue weighted by atomic mass is 16.5. The number of benzene rings is 3. The van der Waals surface area contributed by atoms with Gasteiger partial charge in [-0.15, -0.1) is 0 Å². The number of ether oxygens (including phenoxy) is 1. The summed E-state index contributed by atoms with van der Waals surface area (Å²) in [5.41, 5.74) is 5.27. The zero-order valence-corrected chi connectivity index (χ0v) is 16.5. The minimum Gasteiger partial charge on any atom is -0.504 e. The third-order valence-corrected chi connectivity index (χ3v) is 4.32. The lowest BCUT2D eigenvalue weighted by atomic mass is 10.1. The van der Waals surface area contributed by atoms with Crippen LogP contribution in [-0.2, 0) is 0 Å². The summed E-state index contributed by atoms with van der Waals surface area (Å²) < 4.78 is 5.04. The predicted octanol–water partition coefficient (Wildman–Crippen LogP) is 3.73. The van der Waals surface area contributed by atoms with Crippen LogP contribution in [0.5, 0.6) is 11.5 Å². The minimum absolute atomic E-state index is 0.0110. The molecule has 0 atom stereocenters. The van der Waals surface area contributed by atoms with Gasteiger partial charge in [0.05, 0.1) is 24.6 Å². The number of phenolic OH excluding ortho intramolecular Hbond substituents is 1. The van der Waals surface area contributed by atoms with Crippen LogP contribution in [0.4, 0.5) is 5.69 Å². The largest absolute Gasteiger partial charge is 0.504 e. The smallest absolute Gasteiger partial charge is 0.273 e. The van der Waals surface area contributed by atoms with Crippen molar-refractivity contribution in [2.75, 3.05) is 12.4 Å². The second-order valence-corrected chi connectivity index (χ2v) is 6.50. The van der Waals surface area contributed by atoms with E-state index in [2.05, 4.69) is 15.8 Å². The molecule has 0 spiro atoms. The van der Waals surface area contributed by atoms with Crippen molar-refractivity contribution in [1.82, 2.24) is 5.43 Å². The number of para-hydroxylation sites is 1. The molecule has 0 saturated carbocycles. The first-order valence-corrected chi connectivity index (χ1v) is 9.15. The molecule has 0 unspecified atom stereocenters. The topological polar surface area (TPSA) is 100 Å².